The summed E-state index contributed by atoms with van der Waals surface area (Å²) >= 11 is 1.93. The molecule has 0 atom stereocenters. The van der Waals surface area contributed by atoms with Crippen LogP contribution in [0.1, 0.15) is 0 Å². The van der Waals surface area contributed by atoms with E-state index in [0.717, 1.165) is 0 Å². The van der Waals surface area contributed by atoms with Gasteiger partial charge in [-0.05, 0) is 59.0 Å². The van der Waals surface area contributed by atoms with Crippen molar-refractivity contribution in [3.63, 3.8) is 0 Å². The average Bonchev–Trinajstić information content (AvgIpc) is 3.56. The van der Waals surface area contributed by atoms with E-state index < -0.39 is 0 Å². The maximum absolute atomic E-state index is 2.65. The molecule has 0 amide bonds. The number of para-hydroxylation sites is 3. The summed E-state index contributed by atoms with van der Waals surface area (Å²) < 4.78 is 5.39. The van der Waals surface area contributed by atoms with Gasteiger partial charge in [-0.2, -0.15) is 0 Å². The SMILES string of the molecule is c1ccc(N2c3ccccc3B3c4c(cccc42)-c2cc4c5ccccc5sc4c4c5ccccc5n3c24)cc1. The van der Waals surface area contributed by atoms with Gasteiger partial charge in [0.1, 0.15) is 0 Å². The summed E-state index contributed by atoms with van der Waals surface area (Å²) in [4.78, 5) is 2.46. The zero-order valence-corrected chi connectivity index (χ0v) is 22.3. The largest absolute Gasteiger partial charge is 0.375 e. The third kappa shape index (κ3) is 2.46. The van der Waals surface area contributed by atoms with Gasteiger partial charge >= 0.3 is 6.85 Å². The molecule has 2 nitrogen and oxygen atoms in total. The Bertz CT molecular complexity index is 2350. The van der Waals surface area contributed by atoms with Crippen LogP contribution in [0.25, 0.3) is 53.1 Å². The molecular formula is C36H21BN2S. The predicted octanol–water partition coefficient (Wildman–Crippen LogP) is 8.58. The van der Waals surface area contributed by atoms with Crippen LogP contribution in [0.3, 0.4) is 0 Å². The number of rotatable bonds is 1. The molecule has 6 aromatic carbocycles. The first-order valence-electron chi connectivity index (χ1n) is 13.8. The summed E-state index contributed by atoms with van der Waals surface area (Å²) in [6.07, 6.45) is 0. The van der Waals surface area contributed by atoms with Crippen LogP contribution in [0.15, 0.2) is 127 Å². The van der Waals surface area contributed by atoms with Gasteiger partial charge < -0.3 is 9.38 Å². The zero-order chi connectivity index (χ0) is 25.9. The van der Waals surface area contributed by atoms with E-state index in [9.17, 15) is 0 Å². The molecule has 2 aromatic heterocycles. The first-order valence-corrected chi connectivity index (χ1v) is 14.6. The Labute approximate surface area is 235 Å². The molecule has 0 fully saturated rings. The average molecular weight is 524 g/mol. The first kappa shape index (κ1) is 21.1. The monoisotopic (exact) mass is 524 g/mol. The molecule has 40 heavy (non-hydrogen) atoms. The normalized spacial score (nSPS) is 13.4. The van der Waals surface area contributed by atoms with Gasteiger partial charge in [0.05, 0.1) is 0 Å². The third-order valence-corrected chi connectivity index (χ3v) is 10.2. The van der Waals surface area contributed by atoms with E-state index in [1.807, 2.05) is 11.3 Å². The molecule has 0 saturated carbocycles. The van der Waals surface area contributed by atoms with Crippen LogP contribution in [-0.2, 0) is 0 Å². The molecule has 4 heterocycles. The molecule has 10 rings (SSSR count). The third-order valence-electron chi connectivity index (χ3n) is 8.95. The van der Waals surface area contributed by atoms with Gasteiger partial charge in [0.15, 0.2) is 0 Å². The second kappa shape index (κ2) is 7.44. The molecule has 0 unspecified atom stereocenters. The van der Waals surface area contributed by atoms with Crippen molar-refractivity contribution in [1.82, 2.24) is 4.48 Å². The highest BCUT2D eigenvalue weighted by molar-refractivity contribution is 7.26. The molecule has 2 aliphatic heterocycles. The molecule has 0 bridgehead atoms. The molecule has 2 aliphatic rings. The maximum atomic E-state index is 2.65. The lowest BCUT2D eigenvalue weighted by Crippen LogP contribution is -2.56. The molecule has 0 aliphatic carbocycles. The predicted molar refractivity (Wildman–Crippen MR) is 173 cm³/mol. The van der Waals surface area contributed by atoms with Crippen LogP contribution in [0.5, 0.6) is 0 Å². The molecule has 0 radical (unpaired) electrons. The Morgan fingerprint density at radius 1 is 0.575 bits per heavy atom. The number of aromatic nitrogens is 1. The van der Waals surface area contributed by atoms with Crippen LogP contribution < -0.4 is 15.8 Å². The lowest BCUT2D eigenvalue weighted by Gasteiger charge is -2.40. The summed E-state index contributed by atoms with van der Waals surface area (Å²) in [6, 6.07) is 47.1. The van der Waals surface area contributed by atoms with Crippen LogP contribution in [-0.4, -0.2) is 11.3 Å². The molecular weight excluding hydrogens is 503 g/mol. The van der Waals surface area contributed by atoms with Gasteiger partial charge in [-0.1, -0.05) is 84.9 Å². The fourth-order valence-corrected chi connectivity index (χ4v) is 8.68. The standard InChI is InChI=1S/C36H21BN2S/c1-2-11-22(12-3-1)38-30-18-8-6-16-28(30)37-34-24(15-10-19-31(34)38)26-21-27-23-13-5-9-20-32(23)40-36(27)33-25-14-4-7-17-29(25)39(37)35(26)33/h1-21H. The fraction of sp³-hybridized carbons (Fsp3) is 0. The number of benzene rings is 6. The lowest BCUT2D eigenvalue weighted by atomic mass is 9.45. The van der Waals surface area contributed by atoms with Gasteiger partial charge in [-0.25, -0.2) is 0 Å². The van der Waals surface area contributed by atoms with Crippen molar-refractivity contribution in [1.29, 1.82) is 0 Å². The molecule has 8 aromatic rings. The van der Waals surface area contributed by atoms with E-state index in [4.69, 9.17) is 0 Å². The van der Waals surface area contributed by atoms with Crippen molar-refractivity contribution < 1.29 is 0 Å². The topological polar surface area (TPSA) is 8.17 Å². The zero-order valence-electron chi connectivity index (χ0n) is 21.5. The number of hydrogen-bond acceptors (Lipinski definition) is 2. The van der Waals surface area contributed by atoms with Gasteiger partial charge in [0.2, 0.25) is 0 Å². The van der Waals surface area contributed by atoms with E-state index in [1.54, 1.807) is 0 Å². The molecule has 0 saturated heterocycles. The summed E-state index contributed by atoms with van der Waals surface area (Å²) in [5.74, 6) is 0. The van der Waals surface area contributed by atoms with Crippen molar-refractivity contribution in [2.45, 2.75) is 0 Å². The smallest absolute Gasteiger partial charge is 0.333 e. The minimum Gasteiger partial charge on any atom is -0.375 e. The van der Waals surface area contributed by atoms with Crippen LogP contribution in [0.2, 0.25) is 0 Å². The lowest BCUT2D eigenvalue weighted by molar-refractivity contribution is 1.25. The number of hydrogen-bond donors (Lipinski definition) is 0. The van der Waals surface area contributed by atoms with Gasteiger partial charge in [0.25, 0.3) is 0 Å². The Hall–Kier alpha value is -4.80. The van der Waals surface area contributed by atoms with Crippen molar-refractivity contribution in [2.24, 2.45) is 0 Å². The molecule has 0 N–H and O–H groups in total. The summed E-state index contributed by atoms with van der Waals surface area (Å²) in [7, 11) is 0. The highest BCUT2D eigenvalue weighted by atomic mass is 32.1. The second-order valence-electron chi connectivity index (χ2n) is 10.9. The molecule has 4 heteroatoms. The highest BCUT2D eigenvalue weighted by Crippen LogP contribution is 2.49. The number of nitrogens with zero attached hydrogens (tertiary/aromatic N) is 2. The maximum Gasteiger partial charge on any atom is 0.333 e. The van der Waals surface area contributed by atoms with E-state index >= 15 is 0 Å². The Balaban J connectivity index is 1.45. The Kier molecular flexibility index (Phi) is 3.92. The Morgan fingerprint density at radius 2 is 1.32 bits per heavy atom. The summed E-state index contributed by atoms with van der Waals surface area (Å²) in [5.41, 5.74) is 11.8. The minimum atomic E-state index is 0.101. The van der Waals surface area contributed by atoms with Gasteiger partial charge in [-0.3, -0.25) is 0 Å². The van der Waals surface area contributed by atoms with Crippen molar-refractivity contribution in [2.75, 3.05) is 4.90 Å². The van der Waals surface area contributed by atoms with Crippen molar-refractivity contribution in [3.05, 3.63) is 127 Å². The summed E-state index contributed by atoms with van der Waals surface area (Å²) in [6.45, 7) is 0.101. The van der Waals surface area contributed by atoms with E-state index in [0.29, 0.717) is 0 Å². The van der Waals surface area contributed by atoms with Crippen molar-refractivity contribution in [3.8, 4) is 11.1 Å². The number of fused-ring (bicyclic) bond motifs is 11. The van der Waals surface area contributed by atoms with E-state index in [-0.39, 0.29) is 6.85 Å². The fourth-order valence-electron chi connectivity index (χ4n) is 7.44. The van der Waals surface area contributed by atoms with E-state index in [1.165, 1.54) is 81.1 Å². The van der Waals surface area contributed by atoms with Gasteiger partial charge in [-0.15, -0.1) is 11.3 Å². The van der Waals surface area contributed by atoms with Crippen LogP contribution >= 0.6 is 11.3 Å². The first-order chi connectivity index (χ1) is 19.9. The summed E-state index contributed by atoms with van der Waals surface area (Å²) in [5, 5.41) is 5.44. The van der Waals surface area contributed by atoms with Gasteiger partial charge in [0, 0.05) is 64.6 Å². The molecule has 184 valence electrons. The Morgan fingerprint density at radius 3 is 2.25 bits per heavy atom. The quantitative estimate of drug-likeness (QED) is 0.195. The second-order valence-corrected chi connectivity index (χ2v) is 11.9. The minimum absolute atomic E-state index is 0.101. The van der Waals surface area contributed by atoms with Crippen LogP contribution in [0.4, 0.5) is 17.1 Å². The van der Waals surface area contributed by atoms with E-state index in [2.05, 4.69) is 137 Å². The molecule has 0 spiro atoms. The number of thiophene rings is 1. The highest BCUT2D eigenvalue weighted by Gasteiger charge is 2.42. The van der Waals surface area contributed by atoms with Crippen LogP contribution in [0, 0.1) is 0 Å². The van der Waals surface area contributed by atoms with Crippen molar-refractivity contribution >= 4 is 88.2 Å². The number of anilines is 3.